The van der Waals surface area contributed by atoms with Crippen LogP contribution in [0.3, 0.4) is 0 Å². The van der Waals surface area contributed by atoms with Gasteiger partial charge in [-0.15, -0.1) is 0 Å². The minimum Gasteiger partial charge on any atom is -0.398 e. The lowest BCUT2D eigenvalue weighted by atomic mass is 10.1. The van der Waals surface area contributed by atoms with Crippen LogP contribution in [-0.4, -0.2) is 4.98 Å². The van der Waals surface area contributed by atoms with Crippen molar-refractivity contribution < 1.29 is 0 Å². The highest BCUT2D eigenvalue weighted by Crippen LogP contribution is 2.24. The lowest BCUT2D eigenvalue weighted by molar-refractivity contribution is 1.23. The van der Waals surface area contributed by atoms with Crippen LogP contribution in [0.25, 0.3) is 10.8 Å². The lowest BCUT2D eigenvalue weighted by Crippen LogP contribution is -1.96. The van der Waals surface area contributed by atoms with Crippen molar-refractivity contribution in [3.63, 3.8) is 0 Å². The molecule has 0 saturated carbocycles. The van der Waals surface area contributed by atoms with Crippen LogP contribution in [0.4, 0.5) is 11.5 Å². The van der Waals surface area contributed by atoms with Gasteiger partial charge in [-0.25, -0.2) is 4.98 Å². The van der Waals surface area contributed by atoms with Crippen molar-refractivity contribution in [1.29, 1.82) is 0 Å². The van der Waals surface area contributed by atoms with Crippen molar-refractivity contribution in [2.75, 3.05) is 11.5 Å². The van der Waals surface area contributed by atoms with Gasteiger partial charge in [0.15, 0.2) is 0 Å². The second-order valence-corrected chi connectivity index (χ2v) is 3.09. The lowest BCUT2D eigenvalue weighted by Gasteiger charge is -2.04. The summed E-state index contributed by atoms with van der Waals surface area (Å²) in [6, 6.07) is 7.61. The molecule has 4 N–H and O–H groups in total. The van der Waals surface area contributed by atoms with Crippen LogP contribution in [0.1, 0.15) is 5.69 Å². The first kappa shape index (κ1) is 7.86. The smallest absolute Gasteiger partial charge is 0.131 e. The molecule has 0 fully saturated rings. The van der Waals surface area contributed by atoms with Gasteiger partial charge in [-0.2, -0.15) is 0 Å². The van der Waals surface area contributed by atoms with E-state index in [4.69, 9.17) is 11.5 Å². The molecular weight excluding hydrogens is 162 g/mol. The van der Waals surface area contributed by atoms with Gasteiger partial charge in [-0.1, -0.05) is 12.1 Å². The second kappa shape index (κ2) is 2.62. The van der Waals surface area contributed by atoms with Crippen LogP contribution in [0.5, 0.6) is 0 Å². The fourth-order valence-electron chi connectivity index (χ4n) is 1.46. The Morgan fingerprint density at radius 3 is 2.69 bits per heavy atom. The van der Waals surface area contributed by atoms with Crippen LogP contribution < -0.4 is 11.5 Å². The van der Waals surface area contributed by atoms with Crippen molar-refractivity contribution in [2.45, 2.75) is 6.92 Å². The summed E-state index contributed by atoms with van der Waals surface area (Å²) in [6.07, 6.45) is 0. The monoisotopic (exact) mass is 173 g/mol. The number of hydrogen-bond acceptors (Lipinski definition) is 3. The predicted octanol–water partition coefficient (Wildman–Crippen LogP) is 1.71. The third kappa shape index (κ3) is 1.18. The van der Waals surface area contributed by atoms with E-state index in [2.05, 4.69) is 4.98 Å². The van der Waals surface area contributed by atoms with Crippen molar-refractivity contribution in [3.05, 3.63) is 30.0 Å². The van der Waals surface area contributed by atoms with E-state index in [-0.39, 0.29) is 0 Å². The quantitative estimate of drug-likeness (QED) is 0.596. The number of nitrogen functional groups attached to an aromatic ring is 2. The number of aryl methyl sites for hydroxylation is 1. The molecule has 0 aliphatic carbocycles. The number of fused-ring (bicyclic) bond motifs is 1. The standard InChI is InChI=1S/C10H11N3/c1-6-5-8-7(10(12)13-6)3-2-4-9(8)11/h2-5H,11H2,1H3,(H2,12,13). The molecular formula is C10H11N3. The summed E-state index contributed by atoms with van der Waals surface area (Å²) in [5.41, 5.74) is 13.2. The van der Waals surface area contributed by atoms with E-state index in [1.54, 1.807) is 0 Å². The number of benzene rings is 1. The average Bonchev–Trinajstić information content (AvgIpc) is 2.07. The first-order valence-electron chi connectivity index (χ1n) is 4.10. The maximum absolute atomic E-state index is 5.81. The number of aromatic nitrogens is 1. The van der Waals surface area contributed by atoms with Crippen LogP contribution in [0, 0.1) is 6.92 Å². The summed E-state index contributed by atoms with van der Waals surface area (Å²) >= 11 is 0. The van der Waals surface area contributed by atoms with Crippen molar-refractivity contribution in [2.24, 2.45) is 0 Å². The Bertz CT molecular complexity index is 463. The Morgan fingerprint density at radius 1 is 1.15 bits per heavy atom. The Labute approximate surface area is 76.4 Å². The molecule has 0 amide bonds. The first-order chi connectivity index (χ1) is 6.18. The summed E-state index contributed by atoms with van der Waals surface area (Å²) in [6.45, 7) is 1.90. The molecule has 1 aromatic carbocycles. The van der Waals surface area contributed by atoms with E-state index in [1.165, 1.54) is 0 Å². The molecule has 13 heavy (non-hydrogen) atoms. The molecule has 0 aliphatic heterocycles. The fraction of sp³-hybridized carbons (Fsp3) is 0.100. The molecule has 0 spiro atoms. The van der Waals surface area contributed by atoms with Gasteiger partial charge < -0.3 is 11.5 Å². The molecule has 3 heteroatoms. The Morgan fingerprint density at radius 2 is 1.92 bits per heavy atom. The second-order valence-electron chi connectivity index (χ2n) is 3.09. The zero-order chi connectivity index (χ0) is 9.42. The minimum absolute atomic E-state index is 0.544. The highest BCUT2D eigenvalue weighted by Gasteiger charge is 2.02. The highest BCUT2D eigenvalue weighted by atomic mass is 14.8. The SMILES string of the molecule is Cc1cc2c(N)cccc2c(N)n1. The van der Waals surface area contributed by atoms with Crippen molar-refractivity contribution in [1.82, 2.24) is 4.98 Å². The molecule has 0 atom stereocenters. The van der Waals surface area contributed by atoms with E-state index < -0.39 is 0 Å². The number of nitrogens with zero attached hydrogens (tertiary/aromatic N) is 1. The molecule has 0 aliphatic rings. The molecule has 2 aromatic rings. The molecule has 1 aromatic heterocycles. The van der Waals surface area contributed by atoms with Gasteiger partial charge in [-0.3, -0.25) is 0 Å². The predicted molar refractivity (Wildman–Crippen MR) is 55.3 cm³/mol. The van der Waals surface area contributed by atoms with Crippen LogP contribution in [-0.2, 0) is 0 Å². The van der Waals surface area contributed by atoms with E-state index in [0.717, 1.165) is 22.2 Å². The Balaban J connectivity index is 2.94. The average molecular weight is 173 g/mol. The van der Waals surface area contributed by atoms with E-state index in [0.29, 0.717) is 5.82 Å². The molecule has 3 nitrogen and oxygen atoms in total. The highest BCUT2D eigenvalue weighted by molar-refractivity contribution is 5.98. The summed E-state index contributed by atoms with van der Waals surface area (Å²) in [5.74, 6) is 0.544. The van der Waals surface area contributed by atoms with Gasteiger partial charge in [-0.05, 0) is 19.1 Å². The Hall–Kier alpha value is -1.77. The third-order valence-electron chi connectivity index (χ3n) is 2.07. The fourth-order valence-corrected chi connectivity index (χ4v) is 1.46. The van der Waals surface area contributed by atoms with Crippen molar-refractivity contribution in [3.8, 4) is 0 Å². The largest absolute Gasteiger partial charge is 0.398 e. The topological polar surface area (TPSA) is 64.9 Å². The molecule has 0 radical (unpaired) electrons. The van der Waals surface area contributed by atoms with E-state index >= 15 is 0 Å². The summed E-state index contributed by atoms with van der Waals surface area (Å²) in [5, 5.41) is 1.90. The maximum Gasteiger partial charge on any atom is 0.131 e. The molecule has 66 valence electrons. The summed E-state index contributed by atoms with van der Waals surface area (Å²) < 4.78 is 0. The molecule has 0 bridgehead atoms. The number of anilines is 2. The van der Waals surface area contributed by atoms with Crippen LogP contribution >= 0.6 is 0 Å². The van der Waals surface area contributed by atoms with Gasteiger partial charge in [0.25, 0.3) is 0 Å². The molecule has 0 unspecified atom stereocenters. The zero-order valence-electron chi connectivity index (χ0n) is 7.41. The first-order valence-corrected chi connectivity index (χ1v) is 4.10. The number of pyridine rings is 1. The van der Waals surface area contributed by atoms with Gasteiger partial charge in [0, 0.05) is 22.2 Å². The molecule has 2 rings (SSSR count). The number of hydrogen-bond donors (Lipinski definition) is 2. The van der Waals surface area contributed by atoms with Crippen LogP contribution in [0.2, 0.25) is 0 Å². The summed E-state index contributed by atoms with van der Waals surface area (Å²) in [4.78, 5) is 4.17. The normalized spacial score (nSPS) is 10.5. The minimum atomic E-state index is 0.544. The third-order valence-corrected chi connectivity index (χ3v) is 2.07. The van der Waals surface area contributed by atoms with Gasteiger partial charge in [0.05, 0.1) is 0 Å². The van der Waals surface area contributed by atoms with Crippen molar-refractivity contribution >= 4 is 22.3 Å². The molecule has 0 saturated heterocycles. The maximum atomic E-state index is 5.81. The van der Waals surface area contributed by atoms with Gasteiger partial charge in [0.2, 0.25) is 0 Å². The van der Waals surface area contributed by atoms with Gasteiger partial charge in [0.1, 0.15) is 5.82 Å². The molecule has 1 heterocycles. The number of nitrogens with two attached hydrogens (primary N) is 2. The van der Waals surface area contributed by atoms with E-state index in [9.17, 15) is 0 Å². The van der Waals surface area contributed by atoms with Crippen LogP contribution in [0.15, 0.2) is 24.3 Å². The van der Waals surface area contributed by atoms with Gasteiger partial charge >= 0.3 is 0 Å². The zero-order valence-corrected chi connectivity index (χ0v) is 7.41. The number of rotatable bonds is 0. The van der Waals surface area contributed by atoms with E-state index in [1.807, 2.05) is 31.2 Å². The summed E-state index contributed by atoms with van der Waals surface area (Å²) in [7, 11) is 0. The Kier molecular flexibility index (Phi) is 1.59.